The highest BCUT2D eigenvalue weighted by Gasteiger charge is 2.26. The van der Waals surface area contributed by atoms with Crippen molar-refractivity contribution >= 4 is 10.2 Å². The molecular weight excluding hydrogens is 238 g/mol. The second-order valence-corrected chi connectivity index (χ2v) is 6.87. The van der Waals surface area contributed by atoms with Crippen molar-refractivity contribution in [3.05, 3.63) is 0 Å². The summed E-state index contributed by atoms with van der Waals surface area (Å²) in [7, 11) is -3.28. The summed E-state index contributed by atoms with van der Waals surface area (Å²) in [6, 6.07) is 0. The van der Waals surface area contributed by atoms with Crippen LogP contribution >= 0.6 is 0 Å². The van der Waals surface area contributed by atoms with Gasteiger partial charge in [0.1, 0.15) is 0 Å². The van der Waals surface area contributed by atoms with Crippen LogP contribution in [0.2, 0.25) is 0 Å². The van der Waals surface area contributed by atoms with Gasteiger partial charge < -0.3 is 5.73 Å². The average molecular weight is 263 g/mol. The zero-order valence-corrected chi connectivity index (χ0v) is 11.7. The molecule has 5 nitrogen and oxygen atoms in total. The monoisotopic (exact) mass is 263 g/mol. The van der Waals surface area contributed by atoms with Gasteiger partial charge in [-0.25, -0.2) is 4.72 Å². The molecule has 1 unspecified atom stereocenters. The standard InChI is InChI=1S/C11H25N3O2S/c1-10-4-7-14(8-5-10)17(15,16)13-9-11(2)3-6-12/h10-11,13H,3-9,12H2,1-2H3. The molecule has 0 aromatic rings. The number of piperidine rings is 1. The molecule has 1 aliphatic rings. The van der Waals surface area contributed by atoms with Crippen molar-refractivity contribution in [2.24, 2.45) is 17.6 Å². The lowest BCUT2D eigenvalue weighted by molar-refractivity contribution is 0.284. The molecule has 0 aliphatic carbocycles. The van der Waals surface area contributed by atoms with Gasteiger partial charge in [-0.15, -0.1) is 0 Å². The Morgan fingerprint density at radius 1 is 1.41 bits per heavy atom. The average Bonchev–Trinajstić information content (AvgIpc) is 2.28. The molecule has 17 heavy (non-hydrogen) atoms. The molecule has 1 atom stereocenters. The Morgan fingerprint density at radius 3 is 2.53 bits per heavy atom. The van der Waals surface area contributed by atoms with E-state index in [-0.39, 0.29) is 0 Å². The smallest absolute Gasteiger partial charge is 0.279 e. The lowest BCUT2D eigenvalue weighted by Gasteiger charge is -2.29. The molecular formula is C11H25N3O2S. The third-order valence-electron chi connectivity index (χ3n) is 3.36. The molecule has 0 spiro atoms. The molecule has 1 fully saturated rings. The van der Waals surface area contributed by atoms with Crippen LogP contribution in [0.15, 0.2) is 0 Å². The van der Waals surface area contributed by atoms with Crippen LogP contribution in [0.5, 0.6) is 0 Å². The highest BCUT2D eigenvalue weighted by molar-refractivity contribution is 7.87. The second-order valence-electron chi connectivity index (χ2n) is 5.12. The highest BCUT2D eigenvalue weighted by atomic mass is 32.2. The lowest BCUT2D eigenvalue weighted by atomic mass is 10.0. The van der Waals surface area contributed by atoms with Crippen LogP contribution in [0, 0.1) is 11.8 Å². The van der Waals surface area contributed by atoms with Gasteiger partial charge in [-0.2, -0.15) is 12.7 Å². The topological polar surface area (TPSA) is 75.4 Å². The Kier molecular flexibility index (Phi) is 5.85. The highest BCUT2D eigenvalue weighted by Crippen LogP contribution is 2.18. The van der Waals surface area contributed by atoms with Gasteiger partial charge in [0, 0.05) is 19.6 Å². The largest absolute Gasteiger partial charge is 0.330 e. The molecule has 102 valence electrons. The fourth-order valence-electron chi connectivity index (χ4n) is 1.95. The van der Waals surface area contributed by atoms with Crippen LogP contribution in [0.1, 0.15) is 33.1 Å². The van der Waals surface area contributed by atoms with Gasteiger partial charge in [-0.1, -0.05) is 13.8 Å². The predicted molar refractivity (Wildman–Crippen MR) is 69.7 cm³/mol. The normalized spacial score (nSPS) is 21.6. The third-order valence-corrected chi connectivity index (χ3v) is 4.93. The van der Waals surface area contributed by atoms with Crippen molar-refractivity contribution in [3.8, 4) is 0 Å². The van der Waals surface area contributed by atoms with Gasteiger partial charge in [0.15, 0.2) is 0 Å². The van der Waals surface area contributed by atoms with Gasteiger partial charge in [-0.3, -0.25) is 0 Å². The van der Waals surface area contributed by atoms with E-state index in [2.05, 4.69) is 11.6 Å². The van der Waals surface area contributed by atoms with Crippen LogP contribution in [0.25, 0.3) is 0 Å². The van der Waals surface area contributed by atoms with Gasteiger partial charge in [0.05, 0.1) is 0 Å². The first-order valence-corrected chi connectivity index (χ1v) is 7.84. The van der Waals surface area contributed by atoms with Gasteiger partial charge in [0.25, 0.3) is 10.2 Å². The Bertz CT molecular complexity index is 311. The summed E-state index contributed by atoms with van der Waals surface area (Å²) in [5.41, 5.74) is 5.44. The fourth-order valence-corrected chi connectivity index (χ4v) is 3.32. The minimum atomic E-state index is -3.28. The molecule has 1 rings (SSSR count). The van der Waals surface area contributed by atoms with Gasteiger partial charge in [0.2, 0.25) is 0 Å². The Balaban J connectivity index is 2.40. The first-order chi connectivity index (χ1) is 7.95. The summed E-state index contributed by atoms with van der Waals surface area (Å²) in [6.45, 7) is 6.54. The number of nitrogens with two attached hydrogens (primary N) is 1. The van der Waals surface area contributed by atoms with E-state index in [1.807, 2.05) is 6.92 Å². The number of nitrogens with one attached hydrogen (secondary N) is 1. The summed E-state index contributed by atoms with van der Waals surface area (Å²) >= 11 is 0. The van der Waals surface area contributed by atoms with Crippen molar-refractivity contribution in [2.75, 3.05) is 26.2 Å². The zero-order valence-electron chi connectivity index (χ0n) is 10.9. The summed E-state index contributed by atoms with van der Waals surface area (Å²) in [5.74, 6) is 0.927. The molecule has 0 aromatic carbocycles. The number of hydrogen-bond donors (Lipinski definition) is 2. The molecule has 6 heteroatoms. The molecule has 0 amide bonds. The lowest BCUT2D eigenvalue weighted by Crippen LogP contribution is -2.45. The first-order valence-electron chi connectivity index (χ1n) is 6.40. The Morgan fingerprint density at radius 2 is 2.00 bits per heavy atom. The van der Waals surface area contributed by atoms with E-state index in [0.29, 0.717) is 38.0 Å². The molecule has 0 bridgehead atoms. The summed E-state index contributed by atoms with van der Waals surface area (Å²) in [6.07, 6.45) is 2.76. The first kappa shape index (κ1) is 14.9. The van der Waals surface area contributed by atoms with E-state index >= 15 is 0 Å². The van der Waals surface area contributed by atoms with Crippen molar-refractivity contribution in [2.45, 2.75) is 33.1 Å². The zero-order chi connectivity index (χ0) is 12.9. The summed E-state index contributed by atoms with van der Waals surface area (Å²) in [4.78, 5) is 0. The SMILES string of the molecule is CC1CCN(S(=O)(=O)NCC(C)CCN)CC1. The van der Waals surface area contributed by atoms with Crippen LogP contribution in [0.4, 0.5) is 0 Å². The van der Waals surface area contributed by atoms with Crippen molar-refractivity contribution < 1.29 is 8.42 Å². The number of rotatable bonds is 6. The van der Waals surface area contributed by atoms with Crippen molar-refractivity contribution in [1.29, 1.82) is 0 Å². The number of nitrogens with zero attached hydrogens (tertiary/aromatic N) is 1. The van der Waals surface area contributed by atoms with Crippen LogP contribution < -0.4 is 10.5 Å². The maximum atomic E-state index is 12.0. The predicted octanol–water partition coefficient (Wildman–Crippen LogP) is 0.538. The summed E-state index contributed by atoms with van der Waals surface area (Å²) < 4.78 is 28.2. The van der Waals surface area contributed by atoms with Crippen LogP contribution in [-0.2, 0) is 10.2 Å². The second kappa shape index (κ2) is 6.68. The molecule has 1 heterocycles. The number of hydrogen-bond acceptors (Lipinski definition) is 3. The Hall–Kier alpha value is -0.170. The molecule has 0 aromatic heterocycles. The fraction of sp³-hybridized carbons (Fsp3) is 1.00. The van der Waals surface area contributed by atoms with Gasteiger partial charge >= 0.3 is 0 Å². The molecule has 0 radical (unpaired) electrons. The van der Waals surface area contributed by atoms with Crippen molar-refractivity contribution in [3.63, 3.8) is 0 Å². The minimum Gasteiger partial charge on any atom is -0.330 e. The van der Waals surface area contributed by atoms with E-state index in [0.717, 1.165) is 19.3 Å². The molecule has 3 N–H and O–H groups in total. The molecule has 0 saturated carbocycles. The van der Waals surface area contributed by atoms with Crippen LogP contribution in [0.3, 0.4) is 0 Å². The maximum Gasteiger partial charge on any atom is 0.279 e. The van der Waals surface area contributed by atoms with E-state index in [9.17, 15) is 8.42 Å². The van der Waals surface area contributed by atoms with E-state index in [1.165, 1.54) is 0 Å². The quantitative estimate of drug-likeness (QED) is 0.734. The molecule has 1 aliphatic heterocycles. The van der Waals surface area contributed by atoms with Crippen molar-refractivity contribution in [1.82, 2.24) is 9.03 Å². The molecule has 1 saturated heterocycles. The van der Waals surface area contributed by atoms with Gasteiger partial charge in [-0.05, 0) is 37.6 Å². The summed E-state index contributed by atoms with van der Waals surface area (Å²) in [5, 5.41) is 0. The minimum absolute atomic E-state index is 0.290. The third kappa shape index (κ3) is 4.91. The van der Waals surface area contributed by atoms with E-state index in [1.54, 1.807) is 4.31 Å². The Labute approximate surface area is 105 Å². The van der Waals surface area contributed by atoms with E-state index < -0.39 is 10.2 Å². The van der Waals surface area contributed by atoms with E-state index in [4.69, 9.17) is 5.73 Å². The van der Waals surface area contributed by atoms with Crippen LogP contribution in [-0.4, -0.2) is 38.9 Å². The maximum absolute atomic E-state index is 12.0.